The molecule has 0 aliphatic heterocycles. The van der Waals surface area contributed by atoms with Gasteiger partial charge in [-0.05, 0) is 6.07 Å². The molecule has 0 unspecified atom stereocenters. The Morgan fingerprint density at radius 1 is 1.69 bits per heavy atom. The predicted molar refractivity (Wildman–Crippen MR) is 48.0 cm³/mol. The highest BCUT2D eigenvalue weighted by Crippen LogP contribution is 2.15. The summed E-state index contributed by atoms with van der Waals surface area (Å²) in [5.41, 5.74) is 0.348. The van der Waals surface area contributed by atoms with Gasteiger partial charge in [-0.25, -0.2) is 4.98 Å². The molecule has 0 saturated heterocycles. The van der Waals surface area contributed by atoms with Gasteiger partial charge in [0.2, 0.25) is 0 Å². The number of hydrogen-bond donors (Lipinski definition) is 1. The number of hydrogen-bond acceptors (Lipinski definition) is 3. The Hall–Kier alpha value is -1.42. The maximum absolute atomic E-state index is 11.2. The van der Waals surface area contributed by atoms with Crippen LogP contribution in [0.15, 0.2) is 12.3 Å². The van der Waals surface area contributed by atoms with E-state index in [4.69, 9.17) is 11.6 Å². The molecule has 1 aromatic rings. The first-order valence-electron chi connectivity index (χ1n) is 3.52. The van der Waals surface area contributed by atoms with Gasteiger partial charge in [0.15, 0.2) is 6.29 Å². The second-order valence-electron chi connectivity index (χ2n) is 2.26. The lowest BCUT2D eigenvalue weighted by atomic mass is 10.1. The number of carbonyl (C=O) groups is 2. The van der Waals surface area contributed by atoms with E-state index in [0.717, 1.165) is 0 Å². The largest absolute Gasteiger partial charge is 0.355 e. The van der Waals surface area contributed by atoms with Crippen LogP contribution in [0.3, 0.4) is 0 Å². The van der Waals surface area contributed by atoms with Crippen molar-refractivity contribution in [1.29, 1.82) is 0 Å². The maximum atomic E-state index is 11.2. The van der Waals surface area contributed by atoms with E-state index in [9.17, 15) is 9.59 Å². The summed E-state index contributed by atoms with van der Waals surface area (Å²) >= 11 is 5.65. The summed E-state index contributed by atoms with van der Waals surface area (Å²) < 4.78 is 0. The van der Waals surface area contributed by atoms with E-state index in [1.54, 1.807) is 0 Å². The molecule has 1 heterocycles. The molecule has 0 atom stereocenters. The van der Waals surface area contributed by atoms with Crippen LogP contribution in [0.2, 0.25) is 5.15 Å². The van der Waals surface area contributed by atoms with E-state index in [-0.39, 0.29) is 16.3 Å². The van der Waals surface area contributed by atoms with E-state index in [0.29, 0.717) is 6.29 Å². The zero-order valence-electron chi connectivity index (χ0n) is 6.87. The predicted octanol–water partition coefficient (Wildman–Crippen LogP) is 0.907. The van der Waals surface area contributed by atoms with Gasteiger partial charge in [0.25, 0.3) is 5.91 Å². The molecule has 0 aliphatic rings. The second-order valence-corrected chi connectivity index (χ2v) is 2.62. The molecular formula is C8H7ClN2O2. The van der Waals surface area contributed by atoms with Gasteiger partial charge in [-0.1, -0.05) is 11.6 Å². The number of nitrogens with zero attached hydrogens (tertiary/aromatic N) is 1. The van der Waals surface area contributed by atoms with E-state index in [1.165, 1.54) is 19.3 Å². The number of nitrogens with one attached hydrogen (secondary N) is 1. The van der Waals surface area contributed by atoms with Gasteiger partial charge in [-0.15, -0.1) is 0 Å². The van der Waals surface area contributed by atoms with Crippen molar-refractivity contribution in [2.24, 2.45) is 0 Å². The van der Waals surface area contributed by atoms with Crippen LogP contribution in [0.4, 0.5) is 0 Å². The summed E-state index contributed by atoms with van der Waals surface area (Å²) in [7, 11) is 1.46. The minimum atomic E-state index is -0.416. The number of halogens is 1. The van der Waals surface area contributed by atoms with Crippen molar-refractivity contribution in [3.63, 3.8) is 0 Å². The van der Waals surface area contributed by atoms with Gasteiger partial charge in [-0.2, -0.15) is 0 Å². The first kappa shape index (κ1) is 9.67. The third-order valence-electron chi connectivity index (χ3n) is 1.52. The van der Waals surface area contributed by atoms with Crippen LogP contribution >= 0.6 is 11.6 Å². The van der Waals surface area contributed by atoms with Crippen molar-refractivity contribution in [1.82, 2.24) is 10.3 Å². The quantitative estimate of drug-likeness (QED) is 0.568. The van der Waals surface area contributed by atoms with Gasteiger partial charge in [-0.3, -0.25) is 9.59 Å². The monoisotopic (exact) mass is 198 g/mol. The van der Waals surface area contributed by atoms with Crippen LogP contribution in [0.5, 0.6) is 0 Å². The van der Waals surface area contributed by atoms with Crippen molar-refractivity contribution in [2.75, 3.05) is 7.05 Å². The van der Waals surface area contributed by atoms with Gasteiger partial charge in [0.05, 0.1) is 5.56 Å². The summed E-state index contributed by atoms with van der Waals surface area (Å²) in [5.74, 6) is -0.416. The van der Waals surface area contributed by atoms with E-state index in [1.807, 2.05) is 0 Å². The molecule has 0 spiro atoms. The summed E-state index contributed by atoms with van der Waals surface area (Å²) in [5, 5.41) is 2.41. The van der Waals surface area contributed by atoms with Crippen LogP contribution < -0.4 is 5.32 Å². The topological polar surface area (TPSA) is 59.1 Å². The molecule has 0 aliphatic carbocycles. The minimum absolute atomic E-state index is 0.0314. The lowest BCUT2D eigenvalue weighted by Gasteiger charge is -2.03. The number of rotatable bonds is 2. The number of amides is 1. The standard InChI is InChI=1S/C8H7ClN2O2/c1-10-8(13)6-5(4-12)2-3-11-7(6)9/h2-4H,1H3,(H,10,13). The molecular weight excluding hydrogens is 192 g/mol. The van der Waals surface area contributed by atoms with Crippen molar-refractivity contribution < 1.29 is 9.59 Å². The Morgan fingerprint density at radius 2 is 2.38 bits per heavy atom. The Kier molecular flexibility index (Phi) is 2.97. The molecule has 0 radical (unpaired) electrons. The fourth-order valence-corrected chi connectivity index (χ4v) is 1.15. The molecule has 1 rings (SSSR count). The number of carbonyl (C=O) groups excluding carboxylic acids is 2. The summed E-state index contributed by atoms with van der Waals surface area (Å²) in [6.07, 6.45) is 1.94. The zero-order valence-corrected chi connectivity index (χ0v) is 7.63. The molecule has 1 aromatic heterocycles. The molecule has 1 amide bonds. The van der Waals surface area contributed by atoms with Crippen LogP contribution in [0.25, 0.3) is 0 Å². The highest BCUT2D eigenvalue weighted by Gasteiger charge is 2.14. The summed E-state index contributed by atoms with van der Waals surface area (Å²) in [6.45, 7) is 0. The Balaban J connectivity index is 3.30. The second kappa shape index (κ2) is 4.00. The van der Waals surface area contributed by atoms with Crippen molar-refractivity contribution in [3.8, 4) is 0 Å². The molecule has 0 aromatic carbocycles. The average molecular weight is 199 g/mol. The third kappa shape index (κ3) is 1.84. The molecule has 5 heteroatoms. The minimum Gasteiger partial charge on any atom is -0.355 e. The lowest BCUT2D eigenvalue weighted by Crippen LogP contribution is -2.20. The van der Waals surface area contributed by atoms with E-state index >= 15 is 0 Å². The molecule has 13 heavy (non-hydrogen) atoms. The Morgan fingerprint density at radius 3 is 2.92 bits per heavy atom. The van der Waals surface area contributed by atoms with Gasteiger partial charge in [0.1, 0.15) is 5.15 Å². The third-order valence-corrected chi connectivity index (χ3v) is 1.80. The highest BCUT2D eigenvalue weighted by molar-refractivity contribution is 6.33. The van der Waals surface area contributed by atoms with Gasteiger partial charge >= 0.3 is 0 Å². The van der Waals surface area contributed by atoms with Crippen molar-refractivity contribution in [2.45, 2.75) is 0 Å². The molecule has 0 bridgehead atoms. The summed E-state index contributed by atoms with van der Waals surface area (Å²) in [4.78, 5) is 25.5. The smallest absolute Gasteiger partial charge is 0.254 e. The number of aromatic nitrogens is 1. The molecule has 68 valence electrons. The first-order chi connectivity index (χ1) is 6.20. The number of aldehydes is 1. The van der Waals surface area contributed by atoms with Crippen LogP contribution in [-0.4, -0.2) is 24.2 Å². The Labute approximate surface area is 79.9 Å². The van der Waals surface area contributed by atoms with Crippen LogP contribution in [0, 0.1) is 0 Å². The van der Waals surface area contributed by atoms with Crippen LogP contribution in [0.1, 0.15) is 20.7 Å². The molecule has 0 saturated carbocycles. The van der Waals surface area contributed by atoms with Crippen molar-refractivity contribution >= 4 is 23.8 Å². The molecule has 1 N–H and O–H groups in total. The summed E-state index contributed by atoms with van der Waals surface area (Å²) in [6, 6.07) is 1.43. The maximum Gasteiger partial charge on any atom is 0.254 e. The fraction of sp³-hybridized carbons (Fsp3) is 0.125. The van der Waals surface area contributed by atoms with E-state index in [2.05, 4.69) is 10.3 Å². The van der Waals surface area contributed by atoms with Gasteiger partial charge < -0.3 is 5.32 Å². The zero-order chi connectivity index (χ0) is 9.84. The van der Waals surface area contributed by atoms with Gasteiger partial charge in [0, 0.05) is 18.8 Å². The SMILES string of the molecule is CNC(=O)c1c(C=O)ccnc1Cl. The first-order valence-corrected chi connectivity index (χ1v) is 3.90. The fourth-order valence-electron chi connectivity index (χ4n) is 0.898. The highest BCUT2D eigenvalue weighted by atomic mass is 35.5. The Bertz CT molecular complexity index is 352. The van der Waals surface area contributed by atoms with Crippen LogP contribution in [-0.2, 0) is 0 Å². The lowest BCUT2D eigenvalue weighted by molar-refractivity contribution is 0.0957. The van der Waals surface area contributed by atoms with Crippen molar-refractivity contribution in [3.05, 3.63) is 28.5 Å². The number of pyridine rings is 1. The molecule has 4 nitrogen and oxygen atoms in total. The van der Waals surface area contributed by atoms with E-state index < -0.39 is 5.91 Å². The average Bonchev–Trinajstić information content (AvgIpc) is 2.16. The molecule has 0 fully saturated rings. The normalized spacial score (nSPS) is 9.38.